The first-order valence-corrected chi connectivity index (χ1v) is 8.77. The Balaban J connectivity index is 2.15. The number of fused-ring (bicyclic) bond motifs is 1. The molecule has 1 aromatic heterocycles. The number of aliphatic hydroxyl groups is 1. The average molecular weight is 384 g/mol. The average Bonchev–Trinajstić information content (AvgIpc) is 2.75. The molecule has 0 saturated heterocycles. The fraction of sp³-hybridized carbons (Fsp3) is 0.300. The number of nitrogens with one attached hydrogen (secondary N) is 1. The van der Waals surface area contributed by atoms with Gasteiger partial charge in [-0.3, -0.25) is 0 Å². The quantitative estimate of drug-likeness (QED) is 0.613. The molecule has 0 amide bonds. The number of ether oxygens (including phenoxy) is 3. The molecule has 0 atom stereocenters. The maximum atomic E-state index is 9.12. The molecule has 0 spiro atoms. The zero-order valence-corrected chi connectivity index (χ0v) is 16.4. The van der Waals surface area contributed by atoms with Crippen molar-refractivity contribution < 1.29 is 19.3 Å². The predicted octanol–water partition coefficient (Wildman–Crippen LogP) is 2.83. The van der Waals surface area contributed by atoms with Gasteiger partial charge in [0.15, 0.2) is 11.5 Å². The van der Waals surface area contributed by atoms with Crippen LogP contribution in [0.25, 0.3) is 10.9 Å². The molecule has 0 radical (unpaired) electrons. The zero-order valence-electron chi connectivity index (χ0n) is 16.4. The summed E-state index contributed by atoms with van der Waals surface area (Å²) in [5.74, 6) is 3.07. The van der Waals surface area contributed by atoms with Crippen LogP contribution in [0, 0.1) is 0 Å². The molecule has 8 nitrogen and oxygen atoms in total. The van der Waals surface area contributed by atoms with Crippen molar-refractivity contribution in [3.8, 4) is 17.2 Å². The maximum Gasteiger partial charge on any atom is 0.225 e. The van der Waals surface area contributed by atoms with Crippen LogP contribution in [0.4, 0.5) is 17.5 Å². The summed E-state index contributed by atoms with van der Waals surface area (Å²) in [6.45, 7) is 0.335. The van der Waals surface area contributed by atoms with E-state index in [2.05, 4.69) is 15.3 Å². The SMILES string of the molecule is COc1ccc(N(C)c2nc(NCCO)nc3cc(OC)c(OC)cc23)cc1. The summed E-state index contributed by atoms with van der Waals surface area (Å²) in [5.41, 5.74) is 1.63. The van der Waals surface area contributed by atoms with Gasteiger partial charge < -0.3 is 29.5 Å². The van der Waals surface area contributed by atoms with Crippen LogP contribution in [0.2, 0.25) is 0 Å². The minimum Gasteiger partial charge on any atom is -0.497 e. The van der Waals surface area contributed by atoms with Crippen molar-refractivity contribution in [2.75, 3.05) is 51.7 Å². The number of nitrogens with zero attached hydrogens (tertiary/aromatic N) is 3. The number of methoxy groups -OCH3 is 3. The summed E-state index contributed by atoms with van der Waals surface area (Å²) in [7, 11) is 6.74. The molecule has 1 heterocycles. The van der Waals surface area contributed by atoms with Crippen molar-refractivity contribution in [1.82, 2.24) is 9.97 Å². The predicted molar refractivity (Wildman–Crippen MR) is 109 cm³/mol. The molecule has 3 rings (SSSR count). The summed E-state index contributed by atoms with van der Waals surface area (Å²) in [6, 6.07) is 11.4. The Bertz CT molecular complexity index is 947. The van der Waals surface area contributed by atoms with Gasteiger partial charge in [-0.2, -0.15) is 4.98 Å². The lowest BCUT2D eigenvalue weighted by molar-refractivity contribution is 0.311. The van der Waals surface area contributed by atoms with E-state index in [-0.39, 0.29) is 6.61 Å². The third-order valence-corrected chi connectivity index (χ3v) is 4.35. The van der Waals surface area contributed by atoms with E-state index in [0.29, 0.717) is 35.3 Å². The maximum absolute atomic E-state index is 9.12. The van der Waals surface area contributed by atoms with Crippen molar-refractivity contribution in [2.45, 2.75) is 0 Å². The normalized spacial score (nSPS) is 10.6. The van der Waals surface area contributed by atoms with Gasteiger partial charge >= 0.3 is 0 Å². The molecule has 0 bridgehead atoms. The Kier molecular flexibility index (Phi) is 6.00. The number of aliphatic hydroxyl groups excluding tert-OH is 1. The topological polar surface area (TPSA) is 89.0 Å². The highest BCUT2D eigenvalue weighted by Gasteiger charge is 2.17. The first-order chi connectivity index (χ1) is 13.6. The highest BCUT2D eigenvalue weighted by Crippen LogP contribution is 2.37. The monoisotopic (exact) mass is 384 g/mol. The molecule has 0 aliphatic carbocycles. The largest absolute Gasteiger partial charge is 0.497 e. The second-order valence-corrected chi connectivity index (χ2v) is 6.00. The molecule has 0 aliphatic rings. The number of anilines is 3. The highest BCUT2D eigenvalue weighted by atomic mass is 16.5. The molecular weight excluding hydrogens is 360 g/mol. The van der Waals surface area contributed by atoms with E-state index < -0.39 is 0 Å². The summed E-state index contributed by atoms with van der Waals surface area (Å²) < 4.78 is 16.1. The number of aromatic nitrogens is 2. The molecule has 8 heteroatoms. The second-order valence-electron chi connectivity index (χ2n) is 6.00. The van der Waals surface area contributed by atoms with Gasteiger partial charge in [0, 0.05) is 30.7 Å². The van der Waals surface area contributed by atoms with E-state index in [1.165, 1.54) is 0 Å². The fourth-order valence-corrected chi connectivity index (χ4v) is 2.87. The van der Waals surface area contributed by atoms with E-state index in [1.54, 1.807) is 21.3 Å². The van der Waals surface area contributed by atoms with E-state index in [4.69, 9.17) is 19.3 Å². The number of hydrogen-bond acceptors (Lipinski definition) is 8. The summed E-state index contributed by atoms with van der Waals surface area (Å²) in [4.78, 5) is 11.2. The van der Waals surface area contributed by atoms with Gasteiger partial charge in [0.05, 0.1) is 33.5 Å². The van der Waals surface area contributed by atoms with Gasteiger partial charge in [-0.15, -0.1) is 0 Å². The fourth-order valence-electron chi connectivity index (χ4n) is 2.87. The minimum atomic E-state index is -0.0169. The van der Waals surface area contributed by atoms with E-state index in [1.807, 2.05) is 48.3 Å². The molecule has 148 valence electrons. The Hall–Kier alpha value is -3.26. The lowest BCUT2D eigenvalue weighted by Crippen LogP contribution is -2.15. The second kappa shape index (κ2) is 8.62. The third kappa shape index (κ3) is 3.86. The molecule has 0 unspecified atom stereocenters. The molecule has 2 aromatic carbocycles. The van der Waals surface area contributed by atoms with Crippen molar-refractivity contribution in [3.63, 3.8) is 0 Å². The van der Waals surface area contributed by atoms with Gasteiger partial charge in [0.25, 0.3) is 0 Å². The van der Waals surface area contributed by atoms with Crippen LogP contribution in [-0.2, 0) is 0 Å². The van der Waals surface area contributed by atoms with Crippen LogP contribution in [0.15, 0.2) is 36.4 Å². The van der Waals surface area contributed by atoms with Gasteiger partial charge in [0.1, 0.15) is 11.6 Å². The molecule has 28 heavy (non-hydrogen) atoms. The number of hydrogen-bond donors (Lipinski definition) is 2. The highest BCUT2D eigenvalue weighted by molar-refractivity contribution is 5.94. The Labute approximate surface area is 163 Å². The molecule has 2 N–H and O–H groups in total. The first-order valence-electron chi connectivity index (χ1n) is 8.77. The van der Waals surface area contributed by atoms with E-state index in [0.717, 1.165) is 16.8 Å². The van der Waals surface area contributed by atoms with Gasteiger partial charge in [-0.1, -0.05) is 0 Å². The third-order valence-electron chi connectivity index (χ3n) is 4.35. The van der Waals surface area contributed by atoms with Crippen molar-refractivity contribution in [1.29, 1.82) is 0 Å². The van der Waals surface area contributed by atoms with E-state index in [9.17, 15) is 0 Å². The van der Waals surface area contributed by atoms with Crippen LogP contribution < -0.4 is 24.4 Å². The number of rotatable bonds is 8. The van der Waals surface area contributed by atoms with Crippen LogP contribution >= 0.6 is 0 Å². The van der Waals surface area contributed by atoms with Crippen LogP contribution in [-0.4, -0.2) is 56.6 Å². The Morgan fingerprint density at radius 1 is 0.964 bits per heavy atom. The van der Waals surface area contributed by atoms with Gasteiger partial charge in [0.2, 0.25) is 5.95 Å². The smallest absolute Gasteiger partial charge is 0.225 e. The lowest BCUT2D eigenvalue weighted by atomic mass is 10.2. The standard InChI is InChI=1S/C20H24N4O4/c1-24(13-5-7-14(26-2)8-6-13)19-15-11-17(27-3)18(28-4)12-16(15)22-20(23-19)21-9-10-25/h5-8,11-12,25H,9-10H2,1-4H3,(H,21,22,23). The summed E-state index contributed by atoms with van der Waals surface area (Å²) >= 11 is 0. The lowest BCUT2D eigenvalue weighted by Gasteiger charge is -2.22. The summed E-state index contributed by atoms with van der Waals surface area (Å²) in [5, 5.41) is 13.0. The van der Waals surface area contributed by atoms with Crippen molar-refractivity contribution in [2.24, 2.45) is 0 Å². The van der Waals surface area contributed by atoms with Crippen molar-refractivity contribution >= 4 is 28.4 Å². The molecule has 0 saturated carbocycles. The Morgan fingerprint density at radius 3 is 2.25 bits per heavy atom. The first kappa shape index (κ1) is 19.5. The van der Waals surface area contributed by atoms with Gasteiger partial charge in [-0.25, -0.2) is 4.98 Å². The molecule has 3 aromatic rings. The zero-order chi connectivity index (χ0) is 20.1. The number of benzene rings is 2. The van der Waals surface area contributed by atoms with Crippen molar-refractivity contribution in [3.05, 3.63) is 36.4 Å². The van der Waals surface area contributed by atoms with Crippen LogP contribution in [0.1, 0.15) is 0 Å². The van der Waals surface area contributed by atoms with E-state index >= 15 is 0 Å². The molecule has 0 fully saturated rings. The van der Waals surface area contributed by atoms with Crippen LogP contribution in [0.5, 0.6) is 17.2 Å². The van der Waals surface area contributed by atoms with Crippen LogP contribution in [0.3, 0.4) is 0 Å². The minimum absolute atomic E-state index is 0.0169. The van der Waals surface area contributed by atoms with Gasteiger partial charge in [-0.05, 0) is 30.3 Å². The Morgan fingerprint density at radius 2 is 1.64 bits per heavy atom. The summed E-state index contributed by atoms with van der Waals surface area (Å²) in [6.07, 6.45) is 0. The molecule has 0 aliphatic heterocycles. The molecular formula is C20H24N4O4.